The van der Waals surface area contributed by atoms with Gasteiger partial charge in [0.05, 0.1) is 22.4 Å². The van der Waals surface area contributed by atoms with E-state index in [1.807, 2.05) is 0 Å². The number of sulfonamides is 1. The first-order valence-corrected chi connectivity index (χ1v) is 8.26. The lowest BCUT2D eigenvalue weighted by molar-refractivity contribution is 0.599. The van der Waals surface area contributed by atoms with Crippen LogP contribution in [0, 0.1) is 5.82 Å². The van der Waals surface area contributed by atoms with Crippen LogP contribution in [0.2, 0.25) is 5.02 Å². The van der Waals surface area contributed by atoms with E-state index in [1.54, 1.807) is 12.1 Å². The number of anilines is 1. The summed E-state index contributed by atoms with van der Waals surface area (Å²) in [5.41, 5.74) is 0.495. The topological polar surface area (TPSA) is 72.0 Å². The van der Waals surface area contributed by atoms with E-state index in [9.17, 15) is 12.8 Å². The molecule has 0 bridgehead atoms. The first kappa shape index (κ1) is 14.2. The van der Waals surface area contributed by atoms with E-state index in [1.165, 1.54) is 24.3 Å². The van der Waals surface area contributed by atoms with Gasteiger partial charge in [-0.05, 0) is 24.3 Å². The predicted molar refractivity (Wildman–Crippen MR) is 79.6 cm³/mol. The molecule has 1 N–H and O–H groups in total. The fourth-order valence-corrected chi connectivity index (χ4v) is 3.78. The van der Waals surface area contributed by atoms with Gasteiger partial charge in [-0.25, -0.2) is 12.8 Å². The normalized spacial score (nSPS) is 11.7. The maximum atomic E-state index is 13.8. The Morgan fingerprint density at radius 2 is 1.90 bits per heavy atom. The molecule has 1 aromatic heterocycles. The molecule has 0 atom stereocenters. The van der Waals surface area contributed by atoms with Gasteiger partial charge in [0, 0.05) is 0 Å². The Bertz CT molecular complexity index is 927. The van der Waals surface area contributed by atoms with E-state index >= 15 is 0 Å². The molecule has 21 heavy (non-hydrogen) atoms. The summed E-state index contributed by atoms with van der Waals surface area (Å²) in [6.07, 6.45) is 0. The highest BCUT2D eigenvalue weighted by Crippen LogP contribution is 2.27. The van der Waals surface area contributed by atoms with Crippen molar-refractivity contribution >= 4 is 50.1 Å². The van der Waals surface area contributed by atoms with Crippen LogP contribution in [0.1, 0.15) is 0 Å². The van der Waals surface area contributed by atoms with E-state index in [2.05, 4.69) is 13.5 Å². The van der Waals surface area contributed by atoms with Crippen molar-refractivity contribution in [3.63, 3.8) is 0 Å². The maximum absolute atomic E-state index is 13.8. The van der Waals surface area contributed by atoms with Gasteiger partial charge in [0.15, 0.2) is 5.82 Å². The molecule has 0 radical (unpaired) electrons. The van der Waals surface area contributed by atoms with Crippen molar-refractivity contribution in [3.8, 4) is 0 Å². The average Bonchev–Trinajstić information content (AvgIpc) is 2.91. The van der Waals surface area contributed by atoms with Crippen molar-refractivity contribution in [3.05, 3.63) is 47.2 Å². The van der Waals surface area contributed by atoms with Crippen LogP contribution in [0.5, 0.6) is 0 Å². The second-order valence-electron chi connectivity index (χ2n) is 4.09. The SMILES string of the molecule is O=S(=O)(Nc1cccc(Cl)c1F)c1cccc2nsnc12. The summed E-state index contributed by atoms with van der Waals surface area (Å²) in [5.74, 6) is -0.827. The first-order valence-electron chi connectivity index (χ1n) is 5.67. The molecule has 0 spiro atoms. The quantitative estimate of drug-likeness (QED) is 0.792. The second kappa shape index (κ2) is 5.21. The summed E-state index contributed by atoms with van der Waals surface area (Å²) in [5, 5.41) is -0.163. The van der Waals surface area contributed by atoms with E-state index in [-0.39, 0.29) is 21.1 Å². The molecule has 0 aliphatic rings. The Balaban J connectivity index is 2.09. The lowest BCUT2D eigenvalue weighted by Crippen LogP contribution is -2.14. The molecule has 9 heteroatoms. The third kappa shape index (κ3) is 2.57. The molecule has 5 nitrogen and oxygen atoms in total. The smallest absolute Gasteiger partial charge is 0.264 e. The minimum absolute atomic E-state index is 0.0619. The molecular formula is C12H7ClFN3O2S2. The lowest BCUT2D eigenvalue weighted by atomic mass is 10.3. The Morgan fingerprint density at radius 3 is 2.71 bits per heavy atom. The van der Waals surface area contributed by atoms with Gasteiger partial charge < -0.3 is 0 Å². The number of rotatable bonds is 3. The summed E-state index contributed by atoms with van der Waals surface area (Å²) >= 11 is 6.54. The molecule has 108 valence electrons. The van der Waals surface area contributed by atoms with Crippen molar-refractivity contribution < 1.29 is 12.8 Å². The fourth-order valence-electron chi connectivity index (χ4n) is 1.78. The van der Waals surface area contributed by atoms with E-state index in [0.717, 1.165) is 11.7 Å². The van der Waals surface area contributed by atoms with Crippen LogP contribution in [0.3, 0.4) is 0 Å². The minimum Gasteiger partial charge on any atom is -0.277 e. The molecule has 0 amide bonds. The number of halogens is 2. The van der Waals surface area contributed by atoms with Crippen molar-refractivity contribution in [1.29, 1.82) is 0 Å². The summed E-state index contributed by atoms with van der Waals surface area (Å²) in [6, 6.07) is 8.66. The molecule has 0 aliphatic carbocycles. The van der Waals surface area contributed by atoms with Crippen LogP contribution < -0.4 is 4.72 Å². The zero-order chi connectivity index (χ0) is 15.0. The Kier molecular flexibility index (Phi) is 3.52. The van der Waals surface area contributed by atoms with Crippen molar-refractivity contribution in [2.75, 3.05) is 4.72 Å². The molecule has 3 rings (SSSR count). The third-order valence-electron chi connectivity index (χ3n) is 2.73. The highest BCUT2D eigenvalue weighted by Gasteiger charge is 2.21. The zero-order valence-corrected chi connectivity index (χ0v) is 12.6. The van der Waals surface area contributed by atoms with E-state index in [0.29, 0.717) is 5.52 Å². The highest BCUT2D eigenvalue weighted by molar-refractivity contribution is 7.93. The van der Waals surface area contributed by atoms with Gasteiger partial charge in [0.25, 0.3) is 10.0 Å². The van der Waals surface area contributed by atoms with E-state index in [4.69, 9.17) is 11.6 Å². The van der Waals surface area contributed by atoms with Gasteiger partial charge in [-0.3, -0.25) is 4.72 Å². The molecule has 0 fully saturated rings. The Hall–Kier alpha value is -1.77. The Morgan fingerprint density at radius 1 is 1.14 bits per heavy atom. The van der Waals surface area contributed by atoms with Crippen LogP contribution >= 0.6 is 23.3 Å². The molecular weight excluding hydrogens is 337 g/mol. The van der Waals surface area contributed by atoms with Crippen molar-refractivity contribution in [1.82, 2.24) is 8.75 Å². The molecule has 3 aromatic rings. The number of hydrogen-bond acceptors (Lipinski definition) is 5. The van der Waals surface area contributed by atoms with Crippen LogP contribution in [0.25, 0.3) is 11.0 Å². The number of aromatic nitrogens is 2. The monoisotopic (exact) mass is 343 g/mol. The summed E-state index contributed by atoms with van der Waals surface area (Å²) < 4.78 is 48.7. The Labute approximate surface area is 128 Å². The average molecular weight is 344 g/mol. The number of fused-ring (bicyclic) bond motifs is 1. The van der Waals surface area contributed by atoms with Gasteiger partial charge in [-0.2, -0.15) is 8.75 Å². The van der Waals surface area contributed by atoms with Crippen LogP contribution in [0.4, 0.5) is 10.1 Å². The molecule has 1 heterocycles. The summed E-state index contributed by atoms with van der Waals surface area (Å²) in [7, 11) is -3.99. The highest BCUT2D eigenvalue weighted by atomic mass is 35.5. The first-order chi connectivity index (χ1) is 9.99. The molecule has 0 saturated heterocycles. The number of benzene rings is 2. The standard InChI is InChI=1S/C12H7ClFN3O2S2/c13-7-3-1-4-8(11(7)14)17-21(18,19)10-6-2-5-9-12(10)16-20-15-9/h1-6,17H. The number of nitrogens with one attached hydrogen (secondary N) is 1. The van der Waals surface area contributed by atoms with Gasteiger partial charge >= 0.3 is 0 Å². The molecule has 0 unspecified atom stereocenters. The molecule has 0 aliphatic heterocycles. The minimum atomic E-state index is -3.99. The van der Waals surface area contributed by atoms with Crippen LogP contribution in [0.15, 0.2) is 41.3 Å². The summed E-state index contributed by atoms with van der Waals surface area (Å²) in [6.45, 7) is 0. The molecule has 2 aromatic carbocycles. The summed E-state index contributed by atoms with van der Waals surface area (Å²) in [4.78, 5) is -0.0619. The number of hydrogen-bond donors (Lipinski definition) is 1. The van der Waals surface area contributed by atoms with E-state index < -0.39 is 15.8 Å². The van der Waals surface area contributed by atoms with Crippen LogP contribution in [-0.2, 0) is 10.0 Å². The fraction of sp³-hybridized carbons (Fsp3) is 0. The predicted octanol–water partition coefficient (Wildman–Crippen LogP) is 3.28. The second-order valence-corrected chi connectivity index (χ2v) is 6.68. The number of nitrogens with zero attached hydrogens (tertiary/aromatic N) is 2. The van der Waals surface area contributed by atoms with Gasteiger partial charge in [0.2, 0.25) is 0 Å². The lowest BCUT2D eigenvalue weighted by Gasteiger charge is -2.09. The zero-order valence-electron chi connectivity index (χ0n) is 10.2. The largest absolute Gasteiger partial charge is 0.277 e. The van der Waals surface area contributed by atoms with Gasteiger partial charge in [-0.15, -0.1) is 0 Å². The van der Waals surface area contributed by atoms with Crippen molar-refractivity contribution in [2.24, 2.45) is 0 Å². The van der Waals surface area contributed by atoms with Crippen LogP contribution in [-0.4, -0.2) is 17.2 Å². The van der Waals surface area contributed by atoms with Crippen molar-refractivity contribution in [2.45, 2.75) is 4.90 Å². The maximum Gasteiger partial charge on any atom is 0.264 e. The van der Waals surface area contributed by atoms with Gasteiger partial charge in [0.1, 0.15) is 15.9 Å². The third-order valence-corrected chi connectivity index (χ3v) is 4.97. The molecule has 0 saturated carbocycles. The van der Waals surface area contributed by atoms with Gasteiger partial charge in [-0.1, -0.05) is 23.7 Å².